The Bertz CT molecular complexity index is 972. The Hall–Kier alpha value is -2.58. The fraction of sp³-hybridized carbons (Fsp3) is 0.263. The van der Waals surface area contributed by atoms with E-state index in [1.165, 1.54) is 49.6 Å². The van der Waals surface area contributed by atoms with Gasteiger partial charge in [0.1, 0.15) is 6.54 Å². The number of carbonyl (C=O) groups is 2. The molecule has 150 valence electrons. The van der Waals surface area contributed by atoms with Gasteiger partial charge in [-0.25, -0.2) is 13.2 Å². The highest BCUT2D eigenvalue weighted by molar-refractivity contribution is 7.92. The Morgan fingerprint density at radius 3 is 2.32 bits per heavy atom. The Morgan fingerprint density at radius 1 is 1.11 bits per heavy atom. The van der Waals surface area contributed by atoms with Crippen molar-refractivity contribution in [3.05, 3.63) is 58.6 Å². The SMILES string of the molecule is CCOC(=O)CN(c1cccc(C(=O)OC)c1C)S(=O)(=O)c1ccc(Cl)cc1. The third kappa shape index (κ3) is 4.63. The molecule has 0 aliphatic rings. The highest BCUT2D eigenvalue weighted by Gasteiger charge is 2.30. The molecule has 0 unspecified atom stereocenters. The lowest BCUT2D eigenvalue weighted by Crippen LogP contribution is -2.37. The highest BCUT2D eigenvalue weighted by Crippen LogP contribution is 2.29. The van der Waals surface area contributed by atoms with Crippen molar-refractivity contribution in [1.29, 1.82) is 0 Å². The summed E-state index contributed by atoms with van der Waals surface area (Å²) in [6.45, 7) is 2.76. The first-order valence-corrected chi connectivity index (χ1v) is 10.2. The molecule has 0 heterocycles. The number of sulfonamides is 1. The van der Waals surface area contributed by atoms with Crippen LogP contribution < -0.4 is 4.31 Å². The smallest absolute Gasteiger partial charge is 0.338 e. The van der Waals surface area contributed by atoms with Gasteiger partial charge >= 0.3 is 11.9 Å². The highest BCUT2D eigenvalue weighted by atomic mass is 35.5. The van der Waals surface area contributed by atoms with Crippen LogP contribution in [0.15, 0.2) is 47.4 Å². The summed E-state index contributed by atoms with van der Waals surface area (Å²) in [6, 6.07) is 10.1. The average Bonchev–Trinajstić information content (AvgIpc) is 2.66. The van der Waals surface area contributed by atoms with Crippen molar-refractivity contribution in [2.45, 2.75) is 18.7 Å². The molecule has 9 heteroatoms. The van der Waals surface area contributed by atoms with E-state index in [4.69, 9.17) is 21.1 Å². The first-order valence-electron chi connectivity index (χ1n) is 8.34. The second-order valence-corrected chi connectivity index (χ2v) is 8.01. The molecule has 7 nitrogen and oxygen atoms in total. The topological polar surface area (TPSA) is 90.0 Å². The van der Waals surface area contributed by atoms with E-state index in [1.807, 2.05) is 0 Å². The lowest BCUT2D eigenvalue weighted by molar-refractivity contribution is -0.141. The van der Waals surface area contributed by atoms with Crippen LogP contribution in [0.4, 0.5) is 5.69 Å². The molecule has 0 aliphatic heterocycles. The summed E-state index contributed by atoms with van der Waals surface area (Å²) in [7, 11) is -2.90. The maximum absolute atomic E-state index is 13.2. The normalized spacial score (nSPS) is 11.0. The van der Waals surface area contributed by atoms with E-state index >= 15 is 0 Å². The molecule has 0 aliphatic carbocycles. The van der Waals surface area contributed by atoms with Crippen molar-refractivity contribution in [2.75, 3.05) is 24.6 Å². The van der Waals surface area contributed by atoms with Crippen molar-refractivity contribution in [3.8, 4) is 0 Å². The molecule has 0 saturated heterocycles. The number of hydrogen-bond acceptors (Lipinski definition) is 6. The third-order valence-electron chi connectivity index (χ3n) is 3.96. The number of ether oxygens (including phenoxy) is 2. The minimum absolute atomic E-state index is 0.0518. The monoisotopic (exact) mass is 425 g/mol. The maximum Gasteiger partial charge on any atom is 0.338 e. The number of benzene rings is 2. The van der Waals surface area contributed by atoms with Crippen molar-refractivity contribution in [2.24, 2.45) is 0 Å². The molecule has 0 spiro atoms. The third-order valence-corrected chi connectivity index (χ3v) is 5.98. The Balaban J connectivity index is 2.62. The first-order chi connectivity index (χ1) is 13.2. The van der Waals surface area contributed by atoms with E-state index in [1.54, 1.807) is 13.8 Å². The summed E-state index contributed by atoms with van der Waals surface area (Å²) in [6.07, 6.45) is 0. The second kappa shape index (κ2) is 9.07. The van der Waals surface area contributed by atoms with Gasteiger partial charge in [0.05, 0.1) is 29.9 Å². The molecule has 0 atom stereocenters. The molecule has 28 heavy (non-hydrogen) atoms. The Kier molecular flexibility index (Phi) is 7.04. The van der Waals surface area contributed by atoms with Crippen LogP contribution in [0.1, 0.15) is 22.8 Å². The van der Waals surface area contributed by atoms with E-state index in [0.717, 1.165) is 4.31 Å². The molecule has 2 aromatic carbocycles. The molecule has 2 aromatic rings. The number of carbonyl (C=O) groups excluding carboxylic acids is 2. The van der Waals surface area contributed by atoms with Gasteiger partial charge in [0, 0.05) is 5.02 Å². The summed E-state index contributed by atoms with van der Waals surface area (Å²) in [4.78, 5) is 24.0. The largest absolute Gasteiger partial charge is 0.465 e. The van der Waals surface area contributed by atoms with Crippen LogP contribution in [0.5, 0.6) is 0 Å². The fourth-order valence-corrected chi connectivity index (χ4v) is 4.17. The molecular weight excluding hydrogens is 406 g/mol. The second-order valence-electron chi connectivity index (χ2n) is 5.71. The average molecular weight is 426 g/mol. The number of nitrogens with zero attached hydrogens (tertiary/aromatic N) is 1. The fourth-order valence-electron chi connectivity index (χ4n) is 2.58. The van der Waals surface area contributed by atoms with Crippen LogP contribution >= 0.6 is 11.6 Å². The summed E-state index contributed by atoms with van der Waals surface area (Å²) in [5, 5.41) is 0.375. The molecule has 0 bridgehead atoms. The standard InChI is InChI=1S/C19H20ClNO6S/c1-4-27-18(22)12-21(28(24,25)15-10-8-14(20)9-11-15)17-7-5-6-16(13(17)2)19(23)26-3/h5-11H,4,12H2,1-3H3. The van der Waals surface area contributed by atoms with Crippen LogP contribution in [-0.4, -0.2) is 40.6 Å². The summed E-state index contributed by atoms with van der Waals surface area (Å²) in [5.74, 6) is -1.33. The van der Waals surface area contributed by atoms with Gasteiger partial charge in [-0.05, 0) is 55.8 Å². The summed E-state index contributed by atoms with van der Waals surface area (Å²) in [5.41, 5.74) is 0.724. The van der Waals surface area contributed by atoms with Crippen molar-refractivity contribution in [1.82, 2.24) is 0 Å². The molecule has 0 aromatic heterocycles. The van der Waals surface area contributed by atoms with E-state index in [-0.39, 0.29) is 22.8 Å². The van der Waals surface area contributed by atoms with Crippen LogP contribution in [-0.2, 0) is 24.3 Å². The number of anilines is 1. The zero-order valence-corrected chi connectivity index (χ0v) is 17.2. The van der Waals surface area contributed by atoms with Crippen molar-refractivity contribution < 1.29 is 27.5 Å². The molecular formula is C19H20ClNO6S. The van der Waals surface area contributed by atoms with Gasteiger partial charge < -0.3 is 9.47 Å². The molecule has 0 radical (unpaired) electrons. The van der Waals surface area contributed by atoms with Gasteiger partial charge in [0.2, 0.25) is 0 Å². The van der Waals surface area contributed by atoms with E-state index in [9.17, 15) is 18.0 Å². The van der Waals surface area contributed by atoms with Gasteiger partial charge in [0.15, 0.2) is 0 Å². The van der Waals surface area contributed by atoms with Crippen LogP contribution in [0.3, 0.4) is 0 Å². The van der Waals surface area contributed by atoms with Gasteiger partial charge in [-0.1, -0.05) is 17.7 Å². The minimum Gasteiger partial charge on any atom is -0.465 e. The maximum atomic E-state index is 13.2. The lowest BCUT2D eigenvalue weighted by Gasteiger charge is -2.26. The van der Waals surface area contributed by atoms with Gasteiger partial charge in [0.25, 0.3) is 10.0 Å². The van der Waals surface area contributed by atoms with Gasteiger partial charge in [-0.15, -0.1) is 0 Å². The number of rotatable bonds is 7. The minimum atomic E-state index is -4.13. The van der Waals surface area contributed by atoms with Gasteiger partial charge in [-0.2, -0.15) is 0 Å². The number of methoxy groups -OCH3 is 1. The zero-order valence-electron chi connectivity index (χ0n) is 15.6. The van der Waals surface area contributed by atoms with E-state index in [2.05, 4.69) is 0 Å². The summed E-state index contributed by atoms with van der Waals surface area (Å²) >= 11 is 5.85. The van der Waals surface area contributed by atoms with Gasteiger partial charge in [-0.3, -0.25) is 9.10 Å². The Labute approximate surface area is 168 Å². The number of hydrogen-bond donors (Lipinski definition) is 0. The predicted molar refractivity (Wildman–Crippen MR) is 105 cm³/mol. The Morgan fingerprint density at radius 2 is 1.75 bits per heavy atom. The quantitative estimate of drug-likeness (QED) is 0.633. The molecule has 0 N–H and O–H groups in total. The molecule has 0 fully saturated rings. The molecule has 0 amide bonds. The van der Waals surface area contributed by atoms with Crippen LogP contribution in [0, 0.1) is 6.92 Å². The summed E-state index contributed by atoms with van der Waals surface area (Å²) < 4.78 is 37.1. The lowest BCUT2D eigenvalue weighted by atomic mass is 10.1. The number of esters is 2. The van der Waals surface area contributed by atoms with Crippen LogP contribution in [0.25, 0.3) is 0 Å². The number of halogens is 1. The predicted octanol–water partition coefficient (Wildman–Crippen LogP) is 3.19. The molecule has 2 rings (SSSR count). The zero-order chi connectivity index (χ0) is 20.9. The van der Waals surface area contributed by atoms with Crippen molar-refractivity contribution >= 4 is 39.3 Å². The van der Waals surface area contributed by atoms with E-state index < -0.39 is 28.5 Å². The van der Waals surface area contributed by atoms with Crippen LogP contribution in [0.2, 0.25) is 5.02 Å². The van der Waals surface area contributed by atoms with Crippen molar-refractivity contribution in [3.63, 3.8) is 0 Å². The first kappa shape index (κ1) is 21.7. The van der Waals surface area contributed by atoms with E-state index in [0.29, 0.717) is 10.6 Å². The molecule has 0 saturated carbocycles.